The molecule has 1 rings (SSSR count). The summed E-state index contributed by atoms with van der Waals surface area (Å²) in [6.07, 6.45) is 1.18. The first-order valence-corrected chi connectivity index (χ1v) is 3.74. The van der Waals surface area contributed by atoms with Crippen molar-refractivity contribution in [2.75, 3.05) is 0 Å². The number of hydrogen-bond donors (Lipinski definition) is 0. The summed E-state index contributed by atoms with van der Waals surface area (Å²) in [6, 6.07) is 11.2. The van der Waals surface area contributed by atoms with Crippen molar-refractivity contribution in [2.24, 2.45) is 5.92 Å². The molecule has 0 atom stereocenters. The molecule has 0 heterocycles. The van der Waals surface area contributed by atoms with Crippen LogP contribution in [0.1, 0.15) is 19.4 Å². The highest BCUT2D eigenvalue weighted by Gasteiger charge is 1.94. The molecule has 0 amide bonds. The largest absolute Gasteiger partial charge is 0.0625 e. The summed E-state index contributed by atoms with van der Waals surface area (Å²) < 4.78 is 0. The van der Waals surface area contributed by atoms with Gasteiger partial charge in [0.15, 0.2) is 0 Å². The third-order valence-electron chi connectivity index (χ3n) is 1.43. The second-order valence-corrected chi connectivity index (χ2v) is 3.01. The van der Waals surface area contributed by atoms with E-state index in [1.165, 1.54) is 12.0 Å². The minimum Gasteiger partial charge on any atom is -0.0625 e. The Morgan fingerprint density at radius 2 is 1.90 bits per heavy atom. The van der Waals surface area contributed by atoms with Crippen LogP contribution in [0.25, 0.3) is 0 Å². The zero-order valence-corrected chi connectivity index (χ0v) is 6.59. The zero-order valence-electron chi connectivity index (χ0n) is 6.59. The Kier molecular flexibility index (Phi) is 2.49. The van der Waals surface area contributed by atoms with Crippen molar-refractivity contribution in [3.8, 4) is 0 Å². The predicted octanol–water partition coefficient (Wildman–Crippen LogP) is 2.69. The predicted molar refractivity (Wildman–Crippen MR) is 43.8 cm³/mol. The standard InChI is InChI=1S/C10H13/c1-9(2)8-10-6-4-3-5-7-10/h4-7,9H,8H2,1-2H3. The second kappa shape index (κ2) is 3.40. The van der Waals surface area contributed by atoms with Gasteiger partial charge in [0.05, 0.1) is 0 Å². The van der Waals surface area contributed by atoms with Crippen molar-refractivity contribution in [2.45, 2.75) is 20.3 Å². The molecule has 0 saturated heterocycles. The lowest BCUT2D eigenvalue weighted by Gasteiger charge is -2.02. The molecule has 1 radical (unpaired) electrons. The SMILES string of the molecule is CC(C)Cc1cc[c]cc1. The molecule has 0 heteroatoms. The molecule has 1 aromatic carbocycles. The van der Waals surface area contributed by atoms with Crippen molar-refractivity contribution in [1.29, 1.82) is 0 Å². The van der Waals surface area contributed by atoms with Crippen molar-refractivity contribution in [3.05, 3.63) is 35.9 Å². The van der Waals surface area contributed by atoms with Crippen LogP contribution in [0.4, 0.5) is 0 Å². The van der Waals surface area contributed by atoms with E-state index in [-0.39, 0.29) is 0 Å². The molecule has 0 aromatic heterocycles. The normalized spacial score (nSPS) is 10.3. The molecule has 10 heavy (non-hydrogen) atoms. The van der Waals surface area contributed by atoms with Gasteiger partial charge in [-0.2, -0.15) is 0 Å². The Morgan fingerprint density at radius 3 is 2.40 bits per heavy atom. The number of benzene rings is 1. The Morgan fingerprint density at radius 1 is 1.30 bits per heavy atom. The number of rotatable bonds is 2. The van der Waals surface area contributed by atoms with Gasteiger partial charge in [-0.15, -0.1) is 0 Å². The lowest BCUT2D eigenvalue weighted by molar-refractivity contribution is 0.647. The van der Waals surface area contributed by atoms with Crippen molar-refractivity contribution in [3.63, 3.8) is 0 Å². The lowest BCUT2D eigenvalue weighted by atomic mass is 10.0. The van der Waals surface area contributed by atoms with Crippen LogP contribution >= 0.6 is 0 Å². The molecular weight excluding hydrogens is 120 g/mol. The average molecular weight is 133 g/mol. The summed E-state index contributed by atoms with van der Waals surface area (Å²) in [5, 5.41) is 0. The van der Waals surface area contributed by atoms with Gasteiger partial charge in [-0.1, -0.05) is 38.1 Å². The van der Waals surface area contributed by atoms with E-state index in [0.29, 0.717) is 0 Å². The fourth-order valence-corrected chi connectivity index (χ4v) is 1.03. The molecular formula is C10H13. The van der Waals surface area contributed by atoms with E-state index in [9.17, 15) is 0 Å². The lowest BCUT2D eigenvalue weighted by Crippen LogP contribution is -1.92. The van der Waals surface area contributed by atoms with E-state index < -0.39 is 0 Å². The molecule has 0 aliphatic carbocycles. The maximum Gasteiger partial charge on any atom is -0.0184 e. The fraction of sp³-hybridized carbons (Fsp3) is 0.400. The van der Waals surface area contributed by atoms with Crippen LogP contribution in [-0.2, 0) is 6.42 Å². The van der Waals surface area contributed by atoms with Gasteiger partial charge in [0, 0.05) is 0 Å². The molecule has 0 saturated carbocycles. The van der Waals surface area contributed by atoms with Gasteiger partial charge in [0.25, 0.3) is 0 Å². The van der Waals surface area contributed by atoms with Crippen LogP contribution in [0.2, 0.25) is 0 Å². The summed E-state index contributed by atoms with van der Waals surface area (Å²) in [7, 11) is 0. The molecule has 0 nitrogen and oxygen atoms in total. The average Bonchev–Trinajstić information content (AvgIpc) is 1.88. The summed E-state index contributed by atoms with van der Waals surface area (Å²) in [4.78, 5) is 0. The highest BCUT2D eigenvalue weighted by molar-refractivity contribution is 5.13. The van der Waals surface area contributed by atoms with E-state index in [1.54, 1.807) is 0 Å². The Labute approximate surface area is 62.9 Å². The molecule has 0 bridgehead atoms. The summed E-state index contributed by atoms with van der Waals surface area (Å²) in [5.74, 6) is 0.752. The van der Waals surface area contributed by atoms with E-state index in [1.807, 2.05) is 12.1 Å². The molecule has 0 spiro atoms. The van der Waals surface area contributed by atoms with Crippen LogP contribution in [0.3, 0.4) is 0 Å². The van der Waals surface area contributed by atoms with E-state index in [2.05, 4.69) is 32.0 Å². The minimum atomic E-state index is 0.752. The topological polar surface area (TPSA) is 0 Å². The third-order valence-corrected chi connectivity index (χ3v) is 1.43. The third kappa shape index (κ3) is 2.22. The first-order valence-electron chi connectivity index (χ1n) is 3.74. The first-order chi connectivity index (χ1) is 4.79. The molecule has 0 fully saturated rings. The summed E-state index contributed by atoms with van der Waals surface area (Å²) >= 11 is 0. The van der Waals surface area contributed by atoms with Crippen LogP contribution in [0.5, 0.6) is 0 Å². The Hall–Kier alpha value is -0.780. The summed E-state index contributed by atoms with van der Waals surface area (Å²) in [6.45, 7) is 4.47. The molecule has 0 N–H and O–H groups in total. The van der Waals surface area contributed by atoms with Gasteiger partial charge in [-0.25, -0.2) is 0 Å². The molecule has 0 aliphatic rings. The Balaban J connectivity index is 2.59. The van der Waals surface area contributed by atoms with Crippen molar-refractivity contribution < 1.29 is 0 Å². The van der Waals surface area contributed by atoms with Gasteiger partial charge in [-0.3, -0.25) is 0 Å². The zero-order chi connectivity index (χ0) is 7.40. The highest BCUT2D eigenvalue weighted by atomic mass is 14.0. The smallest absolute Gasteiger partial charge is 0.0184 e. The quantitative estimate of drug-likeness (QED) is 0.582. The van der Waals surface area contributed by atoms with Crippen LogP contribution in [0, 0.1) is 12.0 Å². The van der Waals surface area contributed by atoms with E-state index >= 15 is 0 Å². The summed E-state index contributed by atoms with van der Waals surface area (Å²) in [5.41, 5.74) is 1.41. The van der Waals surface area contributed by atoms with Gasteiger partial charge < -0.3 is 0 Å². The van der Waals surface area contributed by atoms with Crippen molar-refractivity contribution >= 4 is 0 Å². The molecule has 0 unspecified atom stereocenters. The van der Waals surface area contributed by atoms with Crippen LogP contribution in [-0.4, -0.2) is 0 Å². The van der Waals surface area contributed by atoms with E-state index in [0.717, 1.165) is 5.92 Å². The van der Waals surface area contributed by atoms with Gasteiger partial charge in [-0.05, 0) is 24.0 Å². The minimum absolute atomic E-state index is 0.752. The number of hydrogen-bond acceptors (Lipinski definition) is 0. The Bertz CT molecular complexity index is 174. The maximum absolute atomic E-state index is 3.01. The van der Waals surface area contributed by atoms with Gasteiger partial charge in [0.2, 0.25) is 0 Å². The van der Waals surface area contributed by atoms with Crippen molar-refractivity contribution in [1.82, 2.24) is 0 Å². The van der Waals surface area contributed by atoms with Crippen LogP contribution in [0.15, 0.2) is 24.3 Å². The van der Waals surface area contributed by atoms with Crippen LogP contribution < -0.4 is 0 Å². The fourth-order valence-electron chi connectivity index (χ4n) is 1.03. The highest BCUT2D eigenvalue weighted by Crippen LogP contribution is 2.05. The molecule has 1 aromatic rings. The van der Waals surface area contributed by atoms with Gasteiger partial charge >= 0.3 is 0 Å². The molecule has 53 valence electrons. The van der Waals surface area contributed by atoms with Gasteiger partial charge in [0.1, 0.15) is 0 Å². The monoisotopic (exact) mass is 133 g/mol. The maximum atomic E-state index is 3.01. The first kappa shape index (κ1) is 7.33. The second-order valence-electron chi connectivity index (χ2n) is 3.01. The molecule has 0 aliphatic heterocycles. The van der Waals surface area contributed by atoms with E-state index in [4.69, 9.17) is 0 Å².